The van der Waals surface area contributed by atoms with E-state index in [4.69, 9.17) is 5.73 Å². The van der Waals surface area contributed by atoms with Gasteiger partial charge in [-0.3, -0.25) is 4.57 Å². The van der Waals surface area contributed by atoms with Crippen LogP contribution in [0, 0.1) is 5.82 Å². The van der Waals surface area contributed by atoms with E-state index in [1.165, 1.54) is 30.3 Å². The van der Waals surface area contributed by atoms with Gasteiger partial charge in [0, 0.05) is 11.6 Å². The number of hydrogen-bond donors (Lipinski definition) is 2. The highest BCUT2D eigenvalue weighted by atomic mass is 19.3. The van der Waals surface area contributed by atoms with Gasteiger partial charge >= 0.3 is 6.61 Å². The summed E-state index contributed by atoms with van der Waals surface area (Å²) in [5.41, 5.74) is 7.21. The van der Waals surface area contributed by atoms with Gasteiger partial charge in [0.1, 0.15) is 17.1 Å². The van der Waals surface area contributed by atoms with E-state index in [9.17, 15) is 13.2 Å². The number of nitrogen functional groups attached to an aromatic ring is 1. The monoisotopic (exact) mass is 427 g/mol. The lowest BCUT2D eigenvalue weighted by Crippen LogP contribution is -2.11. The van der Waals surface area contributed by atoms with Crippen molar-refractivity contribution in [2.24, 2.45) is 0 Å². The summed E-state index contributed by atoms with van der Waals surface area (Å²) in [5.74, 6) is 0.786. The lowest BCUT2D eigenvalue weighted by Gasteiger charge is -2.11. The number of anilines is 3. The summed E-state index contributed by atoms with van der Waals surface area (Å²) >= 11 is 0. The van der Waals surface area contributed by atoms with Crippen molar-refractivity contribution in [3.05, 3.63) is 54.1 Å². The van der Waals surface area contributed by atoms with Crippen molar-refractivity contribution in [1.82, 2.24) is 24.5 Å². The maximum atomic E-state index is 14.3. The molecule has 5 rings (SSSR count). The second kappa shape index (κ2) is 7.42. The zero-order chi connectivity index (χ0) is 21.5. The first-order chi connectivity index (χ1) is 15.0. The van der Waals surface area contributed by atoms with Crippen LogP contribution in [0.15, 0.2) is 42.5 Å². The summed E-state index contributed by atoms with van der Waals surface area (Å²) in [6, 6.07) is 10.5. The van der Waals surface area contributed by atoms with E-state index in [0.29, 0.717) is 17.0 Å². The highest BCUT2D eigenvalue weighted by molar-refractivity contribution is 5.78. The smallest absolute Gasteiger partial charge is 0.387 e. The molecule has 0 bridgehead atoms. The maximum Gasteiger partial charge on any atom is 0.387 e. The van der Waals surface area contributed by atoms with Crippen LogP contribution in [0.3, 0.4) is 0 Å². The number of nitrogens with one attached hydrogen (secondary N) is 1. The van der Waals surface area contributed by atoms with Gasteiger partial charge in [0.25, 0.3) is 0 Å². The van der Waals surface area contributed by atoms with Crippen molar-refractivity contribution in [2.75, 3.05) is 11.1 Å². The van der Waals surface area contributed by atoms with E-state index in [-0.39, 0.29) is 35.0 Å². The molecule has 158 valence electrons. The summed E-state index contributed by atoms with van der Waals surface area (Å²) in [6.45, 7) is -2.90. The van der Waals surface area contributed by atoms with E-state index in [1.54, 1.807) is 16.7 Å². The molecule has 1 aliphatic carbocycles. The first-order valence-corrected chi connectivity index (χ1v) is 9.48. The number of nitrogens with two attached hydrogens (primary N) is 1. The van der Waals surface area contributed by atoms with Crippen LogP contribution in [0.25, 0.3) is 17.0 Å². The minimum absolute atomic E-state index is 0.0254. The summed E-state index contributed by atoms with van der Waals surface area (Å²) in [4.78, 5) is 17.2. The third-order valence-corrected chi connectivity index (χ3v) is 4.78. The number of hydrogen-bond acceptors (Lipinski definition) is 7. The zero-order valence-corrected chi connectivity index (χ0v) is 16.0. The maximum absolute atomic E-state index is 14.3. The first-order valence-electron chi connectivity index (χ1n) is 9.48. The van der Waals surface area contributed by atoms with Gasteiger partial charge in [-0.05, 0) is 49.2 Å². The average Bonchev–Trinajstić information content (AvgIpc) is 3.49. The van der Waals surface area contributed by atoms with E-state index < -0.39 is 12.4 Å². The minimum atomic E-state index is -2.90. The van der Waals surface area contributed by atoms with Crippen molar-refractivity contribution < 1.29 is 17.9 Å². The third kappa shape index (κ3) is 3.81. The Hall–Kier alpha value is -3.89. The quantitative estimate of drug-likeness (QED) is 0.476. The number of alkyl halides is 2. The van der Waals surface area contributed by atoms with E-state index >= 15 is 0 Å². The van der Waals surface area contributed by atoms with E-state index in [1.807, 2.05) is 0 Å². The Labute approximate surface area is 173 Å². The molecule has 0 spiro atoms. The Morgan fingerprint density at radius 3 is 2.52 bits per heavy atom. The molecule has 1 fully saturated rings. The van der Waals surface area contributed by atoms with Crippen molar-refractivity contribution in [3.8, 4) is 11.7 Å². The molecule has 0 aliphatic heterocycles. The van der Waals surface area contributed by atoms with E-state index in [0.717, 1.165) is 12.8 Å². The van der Waals surface area contributed by atoms with Gasteiger partial charge < -0.3 is 15.8 Å². The summed E-state index contributed by atoms with van der Waals surface area (Å²) in [7, 11) is 0. The number of rotatable bonds is 6. The fourth-order valence-corrected chi connectivity index (χ4v) is 3.29. The third-order valence-electron chi connectivity index (χ3n) is 4.78. The van der Waals surface area contributed by atoms with Crippen LogP contribution in [-0.2, 0) is 0 Å². The van der Waals surface area contributed by atoms with Crippen LogP contribution in [0.4, 0.5) is 30.8 Å². The molecule has 2 aromatic carbocycles. The predicted molar refractivity (Wildman–Crippen MR) is 107 cm³/mol. The predicted octanol–water partition coefficient (Wildman–Crippen LogP) is 4.15. The highest BCUT2D eigenvalue weighted by Crippen LogP contribution is 2.41. The number of benzene rings is 2. The number of fused-ring (bicyclic) bond motifs is 1. The molecule has 1 aliphatic rings. The molecule has 0 unspecified atom stereocenters. The molecule has 0 amide bonds. The molecular formula is C20H16F3N7O. The summed E-state index contributed by atoms with van der Waals surface area (Å²) in [5, 5.41) is 2.96. The molecule has 0 atom stereocenters. The van der Waals surface area contributed by atoms with Gasteiger partial charge in [-0.25, -0.2) is 9.37 Å². The van der Waals surface area contributed by atoms with Crippen molar-refractivity contribution in [3.63, 3.8) is 0 Å². The number of aromatic nitrogens is 5. The second-order valence-electron chi connectivity index (χ2n) is 7.03. The molecule has 0 saturated heterocycles. The lowest BCUT2D eigenvalue weighted by atomic mass is 10.3. The molecule has 2 heterocycles. The second-order valence-corrected chi connectivity index (χ2v) is 7.03. The normalized spacial score (nSPS) is 13.7. The largest absolute Gasteiger partial charge is 0.435 e. The molecule has 8 nitrogen and oxygen atoms in total. The van der Waals surface area contributed by atoms with Crippen molar-refractivity contribution in [1.29, 1.82) is 0 Å². The minimum Gasteiger partial charge on any atom is -0.435 e. The number of nitrogens with zero attached hydrogens (tertiary/aromatic N) is 5. The Kier molecular flexibility index (Phi) is 4.57. The van der Waals surface area contributed by atoms with Crippen LogP contribution in [-0.4, -0.2) is 31.1 Å². The van der Waals surface area contributed by atoms with Crippen LogP contribution < -0.4 is 15.8 Å². The SMILES string of the molecule is Nc1nc(Nc2ccc(OC(F)F)cc2)nc(-n2c(C3CC3)nc3c(F)cccc32)n1. The standard InChI is InChI=1S/C20H16F3N7O/c21-13-2-1-3-14-15(13)26-16(10-4-5-10)30(14)20-28-18(24)27-19(29-20)25-11-6-8-12(9-7-11)31-17(22)23/h1-3,6-10,17H,4-5H2,(H3,24,25,27,28,29). The Bertz CT molecular complexity index is 1260. The molecule has 31 heavy (non-hydrogen) atoms. The number of para-hydroxylation sites is 1. The lowest BCUT2D eigenvalue weighted by molar-refractivity contribution is -0.0498. The Balaban J connectivity index is 1.52. The molecular weight excluding hydrogens is 411 g/mol. The number of imidazole rings is 1. The fraction of sp³-hybridized carbons (Fsp3) is 0.200. The Morgan fingerprint density at radius 1 is 1.03 bits per heavy atom. The fourth-order valence-electron chi connectivity index (χ4n) is 3.29. The van der Waals surface area contributed by atoms with Crippen LogP contribution in [0.5, 0.6) is 5.75 Å². The Morgan fingerprint density at radius 2 is 1.81 bits per heavy atom. The van der Waals surface area contributed by atoms with Crippen molar-refractivity contribution >= 4 is 28.6 Å². The van der Waals surface area contributed by atoms with Crippen LogP contribution >= 0.6 is 0 Å². The van der Waals surface area contributed by atoms with Gasteiger partial charge in [0.15, 0.2) is 5.82 Å². The van der Waals surface area contributed by atoms with Gasteiger partial charge in [-0.2, -0.15) is 23.7 Å². The molecule has 3 N–H and O–H groups in total. The zero-order valence-electron chi connectivity index (χ0n) is 16.0. The van der Waals surface area contributed by atoms with Gasteiger partial charge in [0.05, 0.1) is 5.52 Å². The van der Waals surface area contributed by atoms with Crippen LogP contribution in [0.1, 0.15) is 24.6 Å². The first kappa shape index (κ1) is 19.1. The molecule has 0 radical (unpaired) electrons. The van der Waals surface area contributed by atoms with Gasteiger partial charge in [-0.15, -0.1) is 0 Å². The van der Waals surface area contributed by atoms with Crippen LogP contribution in [0.2, 0.25) is 0 Å². The molecule has 11 heteroatoms. The number of halogens is 3. The van der Waals surface area contributed by atoms with Gasteiger partial charge in [-0.1, -0.05) is 6.07 Å². The van der Waals surface area contributed by atoms with E-state index in [2.05, 4.69) is 30.0 Å². The number of ether oxygens (including phenoxy) is 1. The topological polar surface area (TPSA) is 104 Å². The summed E-state index contributed by atoms with van der Waals surface area (Å²) in [6.07, 6.45) is 1.90. The average molecular weight is 427 g/mol. The molecule has 1 saturated carbocycles. The van der Waals surface area contributed by atoms with Crippen molar-refractivity contribution in [2.45, 2.75) is 25.4 Å². The summed E-state index contributed by atoms with van der Waals surface area (Å²) < 4.78 is 45.0. The molecule has 4 aromatic rings. The van der Waals surface area contributed by atoms with Gasteiger partial charge in [0.2, 0.25) is 17.8 Å². The highest BCUT2D eigenvalue weighted by Gasteiger charge is 2.31. The molecule has 2 aromatic heterocycles.